The fourth-order valence-corrected chi connectivity index (χ4v) is 15.1. The Hall–Kier alpha value is -1.55. The highest BCUT2D eigenvalue weighted by molar-refractivity contribution is 7.91. The molecule has 4 fully saturated rings. The Morgan fingerprint density at radius 2 is 1.76 bits per heavy atom. The third-order valence-corrected chi connectivity index (χ3v) is 18.9. The van der Waals surface area contributed by atoms with E-state index in [1.165, 1.54) is 74.5 Å². The van der Waals surface area contributed by atoms with Crippen LogP contribution in [0.5, 0.6) is 0 Å². The molecule has 5 aliphatic carbocycles. The number of halogens is 1. The Bertz CT molecular complexity index is 1590. The first-order valence-electron chi connectivity index (χ1n) is 21.4. The van der Waals surface area contributed by atoms with E-state index in [-0.39, 0.29) is 38.7 Å². The second kappa shape index (κ2) is 15.3. The van der Waals surface area contributed by atoms with E-state index in [0.717, 1.165) is 19.5 Å². The van der Waals surface area contributed by atoms with Gasteiger partial charge in [0.05, 0.1) is 11.5 Å². The van der Waals surface area contributed by atoms with Gasteiger partial charge in [0, 0.05) is 31.7 Å². The molecule has 0 radical (unpaired) electrons. The number of allylic oxidation sites excluding steroid dienone is 5. The average molecular weight is 773 g/mol. The number of aliphatic hydroxyl groups is 1. The number of alkyl halides is 1. The van der Waals surface area contributed by atoms with Gasteiger partial charge < -0.3 is 20.1 Å². The molecule has 6 rings (SSSR count). The molecule has 0 spiro atoms. The van der Waals surface area contributed by atoms with Crippen molar-refractivity contribution >= 4 is 15.8 Å². The Labute approximate surface area is 327 Å². The summed E-state index contributed by atoms with van der Waals surface area (Å²) in [7, 11) is -2.88. The number of rotatable bonds is 12. The summed E-state index contributed by atoms with van der Waals surface area (Å²) in [5.74, 6) is 2.13. The second-order valence-corrected chi connectivity index (χ2v) is 22.6. The number of esters is 1. The number of nitrogens with zero attached hydrogens (tertiary/aromatic N) is 1. The molecule has 0 aromatic carbocycles. The van der Waals surface area contributed by atoms with Crippen LogP contribution in [0.25, 0.3) is 0 Å². The maximum absolute atomic E-state index is 14.3. The molecule has 3 saturated carbocycles. The van der Waals surface area contributed by atoms with Gasteiger partial charge in [0.15, 0.2) is 16.6 Å². The van der Waals surface area contributed by atoms with E-state index in [1.54, 1.807) is 0 Å². The first kappa shape index (κ1) is 42.1. The fourth-order valence-electron chi connectivity index (χ4n) is 13.9. The molecular formula is C45H73FN2O5S. The smallest absolute Gasteiger partial charge is 0.317 e. The van der Waals surface area contributed by atoms with Gasteiger partial charge in [-0.3, -0.25) is 4.79 Å². The van der Waals surface area contributed by atoms with Crippen LogP contribution in [-0.4, -0.2) is 81.1 Å². The van der Waals surface area contributed by atoms with Gasteiger partial charge in [0.25, 0.3) is 0 Å². The summed E-state index contributed by atoms with van der Waals surface area (Å²) >= 11 is 0. The van der Waals surface area contributed by atoms with E-state index in [9.17, 15) is 22.7 Å². The van der Waals surface area contributed by atoms with Crippen LogP contribution in [0.1, 0.15) is 132 Å². The molecule has 0 aromatic heterocycles. The van der Waals surface area contributed by atoms with Gasteiger partial charge in [-0.05, 0) is 140 Å². The van der Waals surface area contributed by atoms with E-state index in [2.05, 4.69) is 77.4 Å². The monoisotopic (exact) mass is 773 g/mol. The Kier molecular flexibility index (Phi) is 11.9. The lowest BCUT2D eigenvalue weighted by atomic mass is 9.37. The average Bonchev–Trinajstić information content (AvgIpc) is 3.49. The van der Waals surface area contributed by atoms with Gasteiger partial charge in [-0.1, -0.05) is 72.3 Å². The van der Waals surface area contributed by atoms with Crippen molar-refractivity contribution in [3.05, 3.63) is 35.5 Å². The number of carbonyl (C=O) groups excluding carboxylic acids is 1. The number of nitrogens with one attached hydrogen (secondary N) is 1. The van der Waals surface area contributed by atoms with Crippen molar-refractivity contribution in [1.82, 2.24) is 10.2 Å². The Balaban J connectivity index is 1.24. The van der Waals surface area contributed by atoms with Crippen molar-refractivity contribution < 1.29 is 27.4 Å². The van der Waals surface area contributed by atoms with Crippen LogP contribution in [0.3, 0.4) is 0 Å². The molecule has 9 atom stereocenters. The number of fused-ring (bicyclic) bond motifs is 2. The van der Waals surface area contributed by atoms with Crippen LogP contribution >= 0.6 is 0 Å². The predicted octanol–water partition coefficient (Wildman–Crippen LogP) is 8.59. The summed E-state index contributed by atoms with van der Waals surface area (Å²) < 4.78 is 43.3. The normalized spacial score (nSPS) is 41.9. The number of sulfone groups is 1. The van der Waals surface area contributed by atoms with Crippen molar-refractivity contribution in [3.8, 4) is 0 Å². The van der Waals surface area contributed by atoms with Crippen molar-refractivity contribution in [1.29, 1.82) is 0 Å². The highest BCUT2D eigenvalue weighted by Gasteiger charge is 2.65. The molecule has 1 saturated heterocycles. The molecule has 9 heteroatoms. The Morgan fingerprint density at radius 1 is 1.04 bits per heavy atom. The van der Waals surface area contributed by atoms with Crippen LogP contribution in [-0.2, 0) is 19.4 Å². The SMILES string of the molecule is C=C(C)[C@@H]1CCC2(NCCN3CCS(=O)(=O)CC3)CC[C@@](C)([C@]3(C)CC[C@H]4C(C)(C)C(C5=CC[C@@](CF)(C(=O)OCO)CC5)=CC[C@]4(C)[C@H]3CCC)C[C@@H]12. The zero-order valence-corrected chi connectivity index (χ0v) is 35.7. The van der Waals surface area contributed by atoms with Crippen LogP contribution in [0.2, 0.25) is 0 Å². The number of hydrogen-bond donors (Lipinski definition) is 2. The highest BCUT2D eigenvalue weighted by atomic mass is 32.2. The van der Waals surface area contributed by atoms with E-state index in [0.29, 0.717) is 56.0 Å². The van der Waals surface area contributed by atoms with E-state index in [4.69, 9.17) is 4.74 Å². The molecule has 1 aliphatic heterocycles. The van der Waals surface area contributed by atoms with E-state index >= 15 is 0 Å². The second-order valence-electron chi connectivity index (χ2n) is 20.2. The van der Waals surface area contributed by atoms with Crippen molar-refractivity contribution in [2.45, 2.75) is 137 Å². The summed E-state index contributed by atoms with van der Waals surface area (Å²) in [6.45, 7) is 23.7. The van der Waals surface area contributed by atoms with E-state index in [1.807, 2.05) is 0 Å². The molecule has 0 bridgehead atoms. The molecule has 2 N–H and O–H groups in total. The van der Waals surface area contributed by atoms with Crippen molar-refractivity contribution in [2.75, 3.05) is 51.2 Å². The number of aliphatic hydroxyl groups excluding tert-OH is 1. The summed E-state index contributed by atoms with van der Waals surface area (Å²) in [5.41, 5.74) is 3.43. The third kappa shape index (κ3) is 7.14. The Morgan fingerprint density at radius 3 is 2.37 bits per heavy atom. The minimum atomic E-state index is -2.88. The summed E-state index contributed by atoms with van der Waals surface area (Å²) in [6, 6.07) is 0. The maximum Gasteiger partial charge on any atom is 0.317 e. The van der Waals surface area contributed by atoms with Gasteiger partial charge in [0.1, 0.15) is 12.1 Å². The zero-order valence-electron chi connectivity index (χ0n) is 34.8. The molecule has 54 heavy (non-hydrogen) atoms. The van der Waals surface area contributed by atoms with Gasteiger partial charge >= 0.3 is 5.97 Å². The molecular weight excluding hydrogens is 700 g/mol. The van der Waals surface area contributed by atoms with Crippen LogP contribution < -0.4 is 5.32 Å². The lowest BCUT2D eigenvalue weighted by molar-refractivity contribution is -0.170. The molecule has 6 aliphatic rings. The van der Waals surface area contributed by atoms with Crippen LogP contribution in [0.15, 0.2) is 35.5 Å². The number of carbonyl (C=O) groups is 1. The zero-order chi connectivity index (χ0) is 39.4. The summed E-state index contributed by atoms with van der Waals surface area (Å²) in [4.78, 5) is 15.0. The first-order chi connectivity index (χ1) is 25.4. The minimum absolute atomic E-state index is 0.0466. The van der Waals surface area contributed by atoms with Gasteiger partial charge in [-0.15, -0.1) is 0 Å². The standard InChI is InChI=1S/C45H73FN2O5S/c1-9-10-38-42(7)16-14-35(33-11-18-44(30-46,19-12-33)39(50)53-31-49)40(4,5)37(42)15-17-43(38,8)41(6)21-22-45(20-13-34(32(2)3)36(45)29-41)47-23-24-48-25-27-54(51,52)28-26-48/h11,14,34,36-38,47,49H,2,9-10,12-13,15-31H2,1,3-8H3/t34-,36-,37-,38+,41+,42-,43+,44+,45?/m0/s1. The fraction of sp³-hybridized carbons (Fsp3) is 0.844. The van der Waals surface area contributed by atoms with Gasteiger partial charge in [-0.2, -0.15) is 0 Å². The summed E-state index contributed by atoms with van der Waals surface area (Å²) in [5, 5.41) is 13.3. The lowest BCUT2D eigenvalue weighted by Gasteiger charge is -2.68. The number of ether oxygens (including phenoxy) is 1. The van der Waals surface area contributed by atoms with Gasteiger partial charge in [-0.25, -0.2) is 12.8 Å². The van der Waals surface area contributed by atoms with Gasteiger partial charge in [0.2, 0.25) is 0 Å². The largest absolute Gasteiger partial charge is 0.438 e. The minimum Gasteiger partial charge on any atom is -0.438 e. The van der Waals surface area contributed by atoms with Crippen molar-refractivity contribution in [2.24, 2.45) is 50.7 Å². The lowest BCUT2D eigenvalue weighted by Crippen LogP contribution is -2.63. The first-order valence-corrected chi connectivity index (χ1v) is 23.3. The summed E-state index contributed by atoms with van der Waals surface area (Å²) in [6.07, 6.45) is 17.9. The molecule has 0 aromatic rings. The molecule has 0 amide bonds. The highest BCUT2D eigenvalue weighted by Crippen LogP contribution is 2.72. The molecule has 306 valence electrons. The maximum atomic E-state index is 14.3. The molecule has 1 unspecified atom stereocenters. The predicted molar refractivity (Wildman–Crippen MR) is 216 cm³/mol. The topological polar surface area (TPSA) is 95.9 Å². The van der Waals surface area contributed by atoms with Crippen LogP contribution in [0.4, 0.5) is 4.39 Å². The quantitative estimate of drug-likeness (QED) is 0.117. The number of hydrogen-bond acceptors (Lipinski definition) is 7. The van der Waals surface area contributed by atoms with E-state index < -0.39 is 34.7 Å². The van der Waals surface area contributed by atoms with Crippen molar-refractivity contribution in [3.63, 3.8) is 0 Å². The molecule has 7 nitrogen and oxygen atoms in total. The molecule has 1 heterocycles. The third-order valence-electron chi connectivity index (χ3n) is 17.3. The van der Waals surface area contributed by atoms with Crippen LogP contribution in [0, 0.1) is 50.7 Å².